The van der Waals surface area contributed by atoms with Crippen LogP contribution in [0.15, 0.2) is 60.3 Å². The average molecular weight is 467 g/mol. The summed E-state index contributed by atoms with van der Waals surface area (Å²) in [5.74, 6) is -1.95. The number of anilines is 1. The van der Waals surface area contributed by atoms with Gasteiger partial charge < -0.3 is 19.7 Å². The molecule has 7 nitrogen and oxygen atoms in total. The van der Waals surface area contributed by atoms with Crippen LogP contribution in [0.25, 0.3) is 0 Å². The lowest BCUT2D eigenvalue weighted by atomic mass is 10.0. The van der Waals surface area contributed by atoms with E-state index in [4.69, 9.17) is 9.47 Å². The van der Waals surface area contributed by atoms with Crippen LogP contribution in [0.3, 0.4) is 0 Å². The number of esters is 1. The van der Waals surface area contributed by atoms with E-state index in [1.54, 1.807) is 23.1 Å². The molecule has 0 saturated heterocycles. The highest BCUT2D eigenvalue weighted by Crippen LogP contribution is 2.33. The molecule has 0 aliphatic heterocycles. The number of rotatable bonds is 9. The summed E-state index contributed by atoms with van der Waals surface area (Å²) in [4.78, 5) is 39.5. The quantitative estimate of drug-likeness (QED) is 0.552. The first kappa shape index (κ1) is 23.5. The maximum absolute atomic E-state index is 13.7. The Labute approximate surface area is 197 Å². The molecule has 1 saturated carbocycles. The fourth-order valence-electron chi connectivity index (χ4n) is 3.90. The minimum atomic E-state index is -0.716. The standard InChI is InChI=1S/C26H27FN2O5/c27-21-11-5-6-12-22(21)28-24(30)16-33-23-13-7-4-10-20(23)26(32)34-17-25(31)29(19-14-15-19)18-8-2-1-3-9-18/h4-8,10-13,19H,1-3,9,14-17H2,(H,28,30). The molecule has 0 unspecified atom stereocenters. The normalized spacial score (nSPS) is 15.1. The number of ether oxygens (including phenoxy) is 2. The van der Waals surface area contributed by atoms with Crippen LogP contribution >= 0.6 is 0 Å². The molecule has 0 spiro atoms. The van der Waals surface area contributed by atoms with E-state index in [1.165, 1.54) is 30.3 Å². The van der Waals surface area contributed by atoms with E-state index in [2.05, 4.69) is 11.4 Å². The summed E-state index contributed by atoms with van der Waals surface area (Å²) in [5.41, 5.74) is 1.17. The number of halogens is 1. The monoisotopic (exact) mass is 466 g/mol. The van der Waals surface area contributed by atoms with Gasteiger partial charge in [-0.1, -0.05) is 30.3 Å². The van der Waals surface area contributed by atoms with E-state index >= 15 is 0 Å². The Morgan fingerprint density at radius 1 is 1.00 bits per heavy atom. The van der Waals surface area contributed by atoms with Crippen molar-refractivity contribution in [2.75, 3.05) is 18.5 Å². The minimum Gasteiger partial charge on any atom is -0.483 e. The summed E-state index contributed by atoms with van der Waals surface area (Å²) in [6.07, 6.45) is 8.03. The molecule has 2 amide bonds. The smallest absolute Gasteiger partial charge is 0.342 e. The highest BCUT2D eigenvalue weighted by atomic mass is 19.1. The molecule has 2 aliphatic rings. The molecule has 4 rings (SSSR count). The van der Waals surface area contributed by atoms with E-state index in [1.807, 2.05) is 0 Å². The molecule has 0 radical (unpaired) electrons. The van der Waals surface area contributed by atoms with Gasteiger partial charge in [0.1, 0.15) is 17.1 Å². The predicted octanol–water partition coefficient (Wildman–Crippen LogP) is 4.45. The van der Waals surface area contributed by atoms with Gasteiger partial charge in [0.15, 0.2) is 13.2 Å². The van der Waals surface area contributed by atoms with Crippen LogP contribution in [0.1, 0.15) is 48.9 Å². The number of hydrogen-bond acceptors (Lipinski definition) is 5. The van der Waals surface area contributed by atoms with Crippen LogP contribution in [-0.4, -0.2) is 41.9 Å². The van der Waals surface area contributed by atoms with Gasteiger partial charge in [0.25, 0.3) is 11.8 Å². The van der Waals surface area contributed by atoms with Crippen molar-refractivity contribution < 1.29 is 28.2 Å². The number of nitrogens with one attached hydrogen (secondary N) is 1. The molecule has 1 fully saturated rings. The molecular weight excluding hydrogens is 439 g/mol. The second-order valence-electron chi connectivity index (χ2n) is 8.33. The molecule has 34 heavy (non-hydrogen) atoms. The first-order valence-corrected chi connectivity index (χ1v) is 11.5. The van der Waals surface area contributed by atoms with Gasteiger partial charge in [-0.2, -0.15) is 0 Å². The Morgan fingerprint density at radius 2 is 1.76 bits per heavy atom. The second-order valence-corrected chi connectivity index (χ2v) is 8.33. The molecule has 2 aliphatic carbocycles. The van der Waals surface area contributed by atoms with E-state index in [9.17, 15) is 18.8 Å². The lowest BCUT2D eigenvalue weighted by molar-refractivity contribution is -0.133. The van der Waals surface area contributed by atoms with E-state index in [0.29, 0.717) is 0 Å². The third kappa shape index (κ3) is 6.01. The van der Waals surface area contributed by atoms with Gasteiger partial charge in [0.2, 0.25) is 0 Å². The Bertz CT molecular complexity index is 1100. The van der Waals surface area contributed by atoms with Crippen LogP contribution < -0.4 is 10.1 Å². The number of amides is 2. The zero-order valence-corrected chi connectivity index (χ0v) is 18.8. The van der Waals surface area contributed by atoms with Crippen LogP contribution in [0.4, 0.5) is 10.1 Å². The molecule has 0 atom stereocenters. The molecular formula is C26H27FN2O5. The zero-order valence-electron chi connectivity index (χ0n) is 18.8. The van der Waals surface area contributed by atoms with Crippen LogP contribution in [0, 0.1) is 5.82 Å². The molecule has 2 aromatic carbocycles. The number of allylic oxidation sites excluding steroid dienone is 2. The molecule has 0 heterocycles. The Balaban J connectivity index is 1.34. The minimum absolute atomic E-state index is 0.0376. The Morgan fingerprint density at radius 3 is 2.50 bits per heavy atom. The van der Waals surface area contributed by atoms with Crippen molar-refractivity contribution in [3.8, 4) is 5.75 Å². The topological polar surface area (TPSA) is 84.9 Å². The number of carbonyl (C=O) groups is 3. The van der Waals surface area contributed by atoms with E-state index in [-0.39, 0.29) is 35.6 Å². The molecule has 0 bridgehead atoms. The number of hydrogen-bond donors (Lipinski definition) is 1. The first-order valence-electron chi connectivity index (χ1n) is 11.5. The summed E-state index contributed by atoms with van der Waals surface area (Å²) in [5, 5.41) is 2.42. The third-order valence-electron chi connectivity index (χ3n) is 5.70. The third-order valence-corrected chi connectivity index (χ3v) is 5.70. The molecule has 0 aromatic heterocycles. The van der Waals surface area contributed by atoms with Gasteiger partial charge in [-0.25, -0.2) is 9.18 Å². The Kier molecular flexibility index (Phi) is 7.57. The number of carbonyl (C=O) groups excluding carboxylic acids is 3. The van der Waals surface area contributed by atoms with Crippen molar-refractivity contribution in [2.45, 2.75) is 44.6 Å². The van der Waals surface area contributed by atoms with Crippen LogP contribution in [0.2, 0.25) is 0 Å². The first-order chi connectivity index (χ1) is 16.5. The maximum atomic E-state index is 13.7. The van der Waals surface area contributed by atoms with Crippen molar-refractivity contribution in [3.63, 3.8) is 0 Å². The SMILES string of the molecule is O=C(COc1ccccc1C(=O)OCC(=O)N(C1=CCCCC1)C1CC1)Nc1ccccc1F. The Hall–Kier alpha value is -3.68. The van der Waals surface area contributed by atoms with Crippen molar-refractivity contribution in [3.05, 3.63) is 71.7 Å². The highest BCUT2D eigenvalue weighted by molar-refractivity contribution is 5.95. The number of para-hydroxylation sites is 2. The van der Waals surface area contributed by atoms with Crippen molar-refractivity contribution in [1.29, 1.82) is 0 Å². The maximum Gasteiger partial charge on any atom is 0.342 e. The van der Waals surface area contributed by atoms with Gasteiger partial charge in [-0.05, 0) is 62.8 Å². The second kappa shape index (κ2) is 11.0. The highest BCUT2D eigenvalue weighted by Gasteiger charge is 2.35. The number of nitrogens with zero attached hydrogens (tertiary/aromatic N) is 1. The largest absolute Gasteiger partial charge is 0.483 e. The summed E-state index contributed by atoms with van der Waals surface area (Å²) >= 11 is 0. The van der Waals surface area contributed by atoms with Crippen molar-refractivity contribution in [2.24, 2.45) is 0 Å². The van der Waals surface area contributed by atoms with Gasteiger partial charge in [0.05, 0.1) is 5.69 Å². The van der Waals surface area contributed by atoms with E-state index in [0.717, 1.165) is 44.2 Å². The summed E-state index contributed by atoms with van der Waals surface area (Å²) in [7, 11) is 0. The lowest BCUT2D eigenvalue weighted by Gasteiger charge is -2.27. The van der Waals surface area contributed by atoms with Gasteiger partial charge in [-0.15, -0.1) is 0 Å². The fraction of sp³-hybridized carbons (Fsp3) is 0.346. The molecule has 1 N–H and O–H groups in total. The van der Waals surface area contributed by atoms with Crippen LogP contribution in [-0.2, 0) is 14.3 Å². The zero-order chi connectivity index (χ0) is 23.9. The van der Waals surface area contributed by atoms with Crippen molar-refractivity contribution >= 4 is 23.5 Å². The van der Waals surface area contributed by atoms with Crippen LogP contribution in [0.5, 0.6) is 5.75 Å². The summed E-state index contributed by atoms with van der Waals surface area (Å²) < 4.78 is 24.5. The average Bonchev–Trinajstić information content (AvgIpc) is 3.69. The molecule has 2 aromatic rings. The van der Waals surface area contributed by atoms with Gasteiger partial charge >= 0.3 is 5.97 Å². The van der Waals surface area contributed by atoms with Crippen molar-refractivity contribution in [1.82, 2.24) is 4.90 Å². The van der Waals surface area contributed by atoms with Gasteiger partial charge in [0, 0.05) is 11.7 Å². The summed E-state index contributed by atoms with van der Waals surface area (Å²) in [6, 6.07) is 12.3. The fourth-order valence-corrected chi connectivity index (χ4v) is 3.90. The number of benzene rings is 2. The van der Waals surface area contributed by atoms with E-state index < -0.39 is 24.3 Å². The summed E-state index contributed by atoms with van der Waals surface area (Å²) in [6.45, 7) is -0.796. The lowest BCUT2D eigenvalue weighted by Crippen LogP contribution is -2.36. The molecule has 178 valence electrons. The molecule has 8 heteroatoms. The van der Waals surface area contributed by atoms with Gasteiger partial charge in [-0.3, -0.25) is 9.59 Å². The predicted molar refractivity (Wildman–Crippen MR) is 124 cm³/mol.